The van der Waals surface area contributed by atoms with Crippen molar-refractivity contribution in [1.29, 1.82) is 0 Å². The van der Waals surface area contributed by atoms with E-state index in [2.05, 4.69) is 5.32 Å². The van der Waals surface area contributed by atoms with Crippen LogP contribution in [-0.4, -0.2) is 41.0 Å². The molecule has 0 bridgehead atoms. The Balaban J connectivity index is 2.57. The van der Waals surface area contributed by atoms with E-state index in [-0.39, 0.29) is 6.54 Å². The monoisotopic (exact) mass is 312 g/mol. The minimum atomic E-state index is -1.16. The van der Waals surface area contributed by atoms with E-state index in [0.29, 0.717) is 12.5 Å². The van der Waals surface area contributed by atoms with Crippen molar-refractivity contribution in [3.63, 3.8) is 0 Å². The number of urea groups is 1. The van der Waals surface area contributed by atoms with E-state index in [0.717, 1.165) is 17.7 Å². The summed E-state index contributed by atoms with van der Waals surface area (Å²) in [6.07, 6.45) is 7.06. The van der Waals surface area contributed by atoms with Crippen LogP contribution in [0.25, 0.3) is 0 Å². The molecule has 0 aromatic rings. The Hall–Kier alpha value is -1.59. The van der Waals surface area contributed by atoms with Crippen molar-refractivity contribution >= 4 is 17.9 Å². The number of nitrogens with one attached hydrogen (secondary N) is 1. The van der Waals surface area contributed by atoms with Crippen LogP contribution in [-0.2, 0) is 9.59 Å². The van der Waals surface area contributed by atoms with Gasteiger partial charge >= 0.3 is 12.0 Å². The van der Waals surface area contributed by atoms with Gasteiger partial charge in [0.05, 0.1) is 5.41 Å². The van der Waals surface area contributed by atoms with Crippen molar-refractivity contribution in [3.05, 3.63) is 0 Å². The molecule has 0 aromatic heterocycles. The summed E-state index contributed by atoms with van der Waals surface area (Å²) in [5.74, 6) is -1.02. The summed E-state index contributed by atoms with van der Waals surface area (Å²) in [6, 6.07) is -0.494. The number of carboxylic acid groups (broad SMARTS) is 1. The Kier molecular flexibility index (Phi) is 6.84. The lowest BCUT2D eigenvalue weighted by Gasteiger charge is -2.28. The molecule has 0 aliphatic heterocycles. The Morgan fingerprint density at radius 2 is 1.68 bits per heavy atom. The largest absolute Gasteiger partial charge is 0.481 e. The highest BCUT2D eigenvalue weighted by atomic mass is 16.4. The first-order chi connectivity index (χ1) is 10.2. The Labute approximate surface area is 132 Å². The van der Waals surface area contributed by atoms with Gasteiger partial charge in [-0.3, -0.25) is 14.5 Å². The number of hydrogen-bond acceptors (Lipinski definition) is 3. The van der Waals surface area contributed by atoms with E-state index in [1.165, 1.54) is 46.5 Å². The van der Waals surface area contributed by atoms with Gasteiger partial charge in [-0.1, -0.05) is 25.7 Å². The topological polar surface area (TPSA) is 86.7 Å². The number of carboxylic acids is 1. The molecule has 0 saturated heterocycles. The fourth-order valence-electron chi connectivity index (χ4n) is 2.68. The van der Waals surface area contributed by atoms with Gasteiger partial charge in [0.1, 0.15) is 0 Å². The lowest BCUT2D eigenvalue weighted by Crippen LogP contribution is -2.49. The fourth-order valence-corrected chi connectivity index (χ4v) is 2.68. The summed E-state index contributed by atoms with van der Waals surface area (Å²) in [4.78, 5) is 36.0. The first-order valence-electron chi connectivity index (χ1n) is 8.03. The minimum absolute atomic E-state index is 0.131. The summed E-state index contributed by atoms with van der Waals surface area (Å²) in [5, 5.41) is 11.9. The van der Waals surface area contributed by atoms with Gasteiger partial charge in [0.25, 0.3) is 0 Å². The summed E-state index contributed by atoms with van der Waals surface area (Å²) >= 11 is 0. The maximum Gasteiger partial charge on any atom is 0.324 e. The molecule has 1 saturated carbocycles. The van der Waals surface area contributed by atoms with E-state index < -0.39 is 23.3 Å². The Morgan fingerprint density at radius 1 is 1.14 bits per heavy atom. The molecule has 0 atom stereocenters. The number of rotatable bonds is 5. The molecule has 1 fully saturated rings. The second-order valence-corrected chi connectivity index (χ2v) is 6.84. The first kappa shape index (κ1) is 18.5. The van der Waals surface area contributed by atoms with Crippen LogP contribution in [0.4, 0.5) is 4.79 Å². The highest BCUT2D eigenvalue weighted by Gasteiger charge is 2.33. The summed E-state index contributed by atoms with van der Waals surface area (Å²) < 4.78 is 0. The maximum atomic E-state index is 12.2. The van der Waals surface area contributed by atoms with Crippen molar-refractivity contribution in [2.45, 2.75) is 59.3 Å². The van der Waals surface area contributed by atoms with Crippen molar-refractivity contribution in [2.24, 2.45) is 11.3 Å². The molecule has 0 heterocycles. The number of carbonyl (C=O) groups excluding carboxylic acids is 2. The van der Waals surface area contributed by atoms with E-state index in [1.54, 1.807) is 0 Å². The van der Waals surface area contributed by atoms with E-state index in [4.69, 9.17) is 5.11 Å². The van der Waals surface area contributed by atoms with Gasteiger partial charge in [-0.2, -0.15) is 0 Å². The van der Waals surface area contributed by atoms with Crippen LogP contribution < -0.4 is 5.32 Å². The third-order valence-electron chi connectivity index (χ3n) is 4.27. The van der Waals surface area contributed by atoms with Gasteiger partial charge in [-0.25, -0.2) is 4.79 Å². The average Bonchev–Trinajstić information content (AvgIpc) is 2.70. The number of aliphatic carboxylic acids is 1. The van der Waals surface area contributed by atoms with Crippen LogP contribution in [0.5, 0.6) is 0 Å². The molecular formula is C16H28N2O4. The van der Waals surface area contributed by atoms with Crippen LogP contribution in [0.1, 0.15) is 59.3 Å². The lowest BCUT2D eigenvalue weighted by molar-refractivity contribution is -0.148. The predicted octanol–water partition coefficient (Wildman–Crippen LogP) is 2.63. The van der Waals surface area contributed by atoms with Gasteiger partial charge in [0.2, 0.25) is 5.91 Å². The van der Waals surface area contributed by atoms with Gasteiger partial charge in [-0.15, -0.1) is 0 Å². The minimum Gasteiger partial charge on any atom is -0.481 e. The van der Waals surface area contributed by atoms with Gasteiger partial charge in [-0.05, 0) is 32.6 Å². The van der Waals surface area contributed by atoms with Gasteiger partial charge < -0.3 is 10.4 Å². The molecule has 1 rings (SSSR count). The van der Waals surface area contributed by atoms with Crippen LogP contribution in [0.15, 0.2) is 0 Å². The van der Waals surface area contributed by atoms with Crippen LogP contribution >= 0.6 is 0 Å². The van der Waals surface area contributed by atoms with E-state index in [1.807, 2.05) is 0 Å². The van der Waals surface area contributed by atoms with Crippen LogP contribution in [0, 0.1) is 11.3 Å². The maximum absolute atomic E-state index is 12.2. The summed E-state index contributed by atoms with van der Waals surface area (Å²) in [5.41, 5.74) is -1.16. The number of hydrogen-bond donors (Lipinski definition) is 2. The standard InChI is InChI=1S/C16H28N2O4/c1-12(19)18(11-16(2,3)14(20)21)15(22)17-10-13-8-6-4-5-7-9-13/h13H,4-11H2,1-3H3,(H,17,22)(H,20,21). The van der Waals surface area contributed by atoms with Crippen LogP contribution in [0.2, 0.25) is 0 Å². The SMILES string of the molecule is CC(=O)N(CC(C)(C)C(=O)O)C(=O)NCC1CCCCCC1. The van der Waals surface area contributed by atoms with Gasteiger partial charge in [0, 0.05) is 20.0 Å². The second kappa shape index (κ2) is 8.15. The smallest absolute Gasteiger partial charge is 0.324 e. The zero-order valence-electron chi connectivity index (χ0n) is 13.9. The van der Waals surface area contributed by atoms with Crippen molar-refractivity contribution in [3.8, 4) is 0 Å². The molecule has 6 nitrogen and oxygen atoms in total. The highest BCUT2D eigenvalue weighted by molar-refractivity contribution is 5.93. The van der Waals surface area contributed by atoms with Crippen molar-refractivity contribution in [2.75, 3.05) is 13.1 Å². The molecular weight excluding hydrogens is 284 g/mol. The fraction of sp³-hybridized carbons (Fsp3) is 0.812. The Bertz CT molecular complexity index is 412. The summed E-state index contributed by atoms with van der Waals surface area (Å²) in [7, 11) is 0. The lowest BCUT2D eigenvalue weighted by atomic mass is 9.93. The molecule has 1 aliphatic carbocycles. The third kappa shape index (κ3) is 5.66. The molecule has 0 radical (unpaired) electrons. The van der Waals surface area contributed by atoms with Crippen molar-refractivity contribution < 1.29 is 19.5 Å². The molecule has 6 heteroatoms. The predicted molar refractivity (Wildman–Crippen MR) is 83.4 cm³/mol. The number of imide groups is 1. The summed E-state index contributed by atoms with van der Waals surface area (Å²) in [6.45, 7) is 4.71. The average molecular weight is 312 g/mol. The van der Waals surface area contributed by atoms with E-state index >= 15 is 0 Å². The third-order valence-corrected chi connectivity index (χ3v) is 4.27. The molecule has 3 amide bonds. The molecule has 2 N–H and O–H groups in total. The molecule has 22 heavy (non-hydrogen) atoms. The van der Waals surface area contributed by atoms with Crippen LogP contribution in [0.3, 0.4) is 0 Å². The number of amides is 3. The quantitative estimate of drug-likeness (QED) is 0.764. The normalized spacial score (nSPS) is 16.7. The molecule has 0 spiro atoms. The molecule has 0 unspecified atom stereocenters. The van der Waals surface area contributed by atoms with Gasteiger partial charge in [0.15, 0.2) is 0 Å². The van der Waals surface area contributed by atoms with E-state index in [9.17, 15) is 14.4 Å². The first-order valence-corrected chi connectivity index (χ1v) is 8.03. The zero-order chi connectivity index (χ0) is 16.8. The molecule has 0 aromatic carbocycles. The highest BCUT2D eigenvalue weighted by Crippen LogP contribution is 2.22. The molecule has 1 aliphatic rings. The number of carbonyl (C=O) groups is 3. The number of nitrogens with zero attached hydrogens (tertiary/aromatic N) is 1. The molecule has 126 valence electrons. The Morgan fingerprint density at radius 3 is 2.14 bits per heavy atom. The second-order valence-electron chi connectivity index (χ2n) is 6.84. The van der Waals surface area contributed by atoms with Crippen molar-refractivity contribution in [1.82, 2.24) is 10.2 Å². The zero-order valence-corrected chi connectivity index (χ0v) is 13.9.